The normalized spacial score (nSPS) is 18.5. The van der Waals surface area contributed by atoms with Gasteiger partial charge in [-0.2, -0.15) is 5.10 Å². The molecule has 0 spiro atoms. The van der Waals surface area contributed by atoms with Gasteiger partial charge in [-0.3, -0.25) is 4.79 Å². The highest BCUT2D eigenvalue weighted by Gasteiger charge is 2.31. The Morgan fingerprint density at radius 1 is 1.09 bits per heavy atom. The zero-order chi connectivity index (χ0) is 14.9. The Kier molecular flexibility index (Phi) is 3.45. The molecule has 4 heteroatoms. The number of carbonyl (C=O) groups excluding carboxylic acids is 1. The lowest BCUT2D eigenvalue weighted by Gasteiger charge is -2.08. The summed E-state index contributed by atoms with van der Waals surface area (Å²) >= 11 is 0. The molecule has 1 amide bonds. The highest BCUT2D eigenvalue weighted by Crippen LogP contribution is 2.36. The van der Waals surface area contributed by atoms with E-state index in [-0.39, 0.29) is 11.8 Å². The summed E-state index contributed by atoms with van der Waals surface area (Å²) in [6.07, 6.45) is 7.02. The van der Waals surface area contributed by atoms with Gasteiger partial charge in [-0.15, -0.1) is 0 Å². The van der Waals surface area contributed by atoms with Crippen molar-refractivity contribution in [2.45, 2.75) is 44.4 Å². The van der Waals surface area contributed by atoms with Crippen LogP contribution < -0.4 is 5.32 Å². The van der Waals surface area contributed by atoms with Crippen LogP contribution in [0.2, 0.25) is 0 Å². The van der Waals surface area contributed by atoms with E-state index < -0.39 is 0 Å². The highest BCUT2D eigenvalue weighted by atomic mass is 16.2. The lowest BCUT2D eigenvalue weighted by atomic mass is 10.0. The Labute approximate surface area is 130 Å². The van der Waals surface area contributed by atoms with Crippen molar-refractivity contribution in [3.8, 4) is 5.69 Å². The molecule has 0 radical (unpaired) electrons. The Hall–Kier alpha value is -2.10. The molecule has 2 aromatic rings. The number of hydrogen-bond donors (Lipinski definition) is 1. The van der Waals surface area contributed by atoms with Crippen LogP contribution in [0.1, 0.15) is 50.1 Å². The first-order valence-electron chi connectivity index (χ1n) is 8.27. The van der Waals surface area contributed by atoms with E-state index in [1.165, 1.54) is 25.7 Å². The molecule has 1 heterocycles. The Morgan fingerprint density at radius 3 is 2.50 bits per heavy atom. The van der Waals surface area contributed by atoms with Gasteiger partial charge in [0.15, 0.2) is 0 Å². The second kappa shape index (κ2) is 5.59. The number of carbonyl (C=O) groups is 1. The second-order valence-electron chi connectivity index (χ2n) is 6.45. The SMILES string of the molecule is O=C(Nc1cc(C2CCCC2)nn1-c1ccccc1)C1CC1. The molecule has 2 fully saturated rings. The zero-order valence-electron chi connectivity index (χ0n) is 12.7. The molecule has 2 aliphatic carbocycles. The quantitative estimate of drug-likeness (QED) is 0.930. The van der Waals surface area contributed by atoms with E-state index in [4.69, 9.17) is 5.10 Å². The maximum atomic E-state index is 12.1. The van der Waals surface area contributed by atoms with Crippen LogP contribution in [0.15, 0.2) is 36.4 Å². The van der Waals surface area contributed by atoms with Crippen LogP contribution in [-0.2, 0) is 4.79 Å². The number of benzene rings is 1. The van der Waals surface area contributed by atoms with Crippen molar-refractivity contribution in [3.05, 3.63) is 42.1 Å². The highest BCUT2D eigenvalue weighted by molar-refractivity contribution is 5.93. The van der Waals surface area contributed by atoms with Crippen LogP contribution in [0.5, 0.6) is 0 Å². The number of rotatable bonds is 4. The molecule has 0 unspecified atom stereocenters. The maximum Gasteiger partial charge on any atom is 0.228 e. The summed E-state index contributed by atoms with van der Waals surface area (Å²) in [7, 11) is 0. The summed E-state index contributed by atoms with van der Waals surface area (Å²) in [5.41, 5.74) is 2.12. The van der Waals surface area contributed by atoms with E-state index in [1.807, 2.05) is 35.0 Å². The first kappa shape index (κ1) is 13.6. The van der Waals surface area contributed by atoms with Crippen molar-refractivity contribution in [3.63, 3.8) is 0 Å². The minimum Gasteiger partial charge on any atom is -0.310 e. The van der Waals surface area contributed by atoms with Crippen LogP contribution in [-0.4, -0.2) is 15.7 Å². The van der Waals surface area contributed by atoms with Gasteiger partial charge >= 0.3 is 0 Å². The minimum atomic E-state index is 0.134. The summed E-state index contributed by atoms with van der Waals surface area (Å²) < 4.78 is 1.88. The number of amides is 1. The molecule has 2 saturated carbocycles. The minimum absolute atomic E-state index is 0.134. The molecule has 22 heavy (non-hydrogen) atoms. The van der Waals surface area contributed by atoms with Gasteiger partial charge in [0.05, 0.1) is 11.4 Å². The summed E-state index contributed by atoms with van der Waals surface area (Å²) in [6.45, 7) is 0. The van der Waals surface area contributed by atoms with Gasteiger partial charge in [-0.05, 0) is 37.8 Å². The van der Waals surface area contributed by atoms with Crippen molar-refractivity contribution >= 4 is 11.7 Å². The number of nitrogens with zero attached hydrogens (tertiary/aromatic N) is 2. The van der Waals surface area contributed by atoms with E-state index >= 15 is 0 Å². The predicted octanol–water partition coefficient (Wildman–Crippen LogP) is 3.88. The molecule has 114 valence electrons. The van der Waals surface area contributed by atoms with Gasteiger partial charge in [0.2, 0.25) is 5.91 Å². The van der Waals surface area contributed by atoms with Gasteiger partial charge in [-0.1, -0.05) is 31.0 Å². The lowest BCUT2D eigenvalue weighted by Crippen LogP contribution is -2.16. The first-order chi connectivity index (χ1) is 10.8. The Bertz CT molecular complexity index is 667. The van der Waals surface area contributed by atoms with Gasteiger partial charge in [0.1, 0.15) is 5.82 Å². The molecular weight excluding hydrogens is 274 g/mol. The monoisotopic (exact) mass is 295 g/mol. The molecule has 1 aromatic carbocycles. The third-order valence-corrected chi connectivity index (χ3v) is 4.70. The molecule has 4 rings (SSSR count). The fourth-order valence-corrected chi connectivity index (χ4v) is 3.25. The fraction of sp³-hybridized carbons (Fsp3) is 0.444. The Morgan fingerprint density at radius 2 is 1.82 bits per heavy atom. The molecule has 2 aliphatic rings. The molecule has 0 saturated heterocycles. The van der Waals surface area contributed by atoms with Crippen molar-refractivity contribution < 1.29 is 4.79 Å². The molecule has 1 N–H and O–H groups in total. The number of aromatic nitrogens is 2. The number of nitrogens with one attached hydrogen (secondary N) is 1. The van der Waals surface area contributed by atoms with E-state index in [2.05, 4.69) is 11.4 Å². The van der Waals surface area contributed by atoms with Crippen LogP contribution in [0.3, 0.4) is 0 Å². The van der Waals surface area contributed by atoms with Crippen LogP contribution >= 0.6 is 0 Å². The first-order valence-corrected chi connectivity index (χ1v) is 8.27. The van der Waals surface area contributed by atoms with Gasteiger partial charge in [0.25, 0.3) is 0 Å². The third-order valence-electron chi connectivity index (χ3n) is 4.70. The number of hydrogen-bond acceptors (Lipinski definition) is 2. The standard InChI is InChI=1S/C18H21N3O/c22-18(14-10-11-14)19-17-12-16(13-6-4-5-7-13)20-21(17)15-8-2-1-3-9-15/h1-3,8-9,12-14H,4-7,10-11H2,(H,19,22). The zero-order valence-corrected chi connectivity index (χ0v) is 12.7. The van der Waals surface area contributed by atoms with Crippen LogP contribution in [0.25, 0.3) is 5.69 Å². The van der Waals surface area contributed by atoms with Gasteiger partial charge in [-0.25, -0.2) is 4.68 Å². The van der Waals surface area contributed by atoms with Crippen molar-refractivity contribution in [2.75, 3.05) is 5.32 Å². The van der Waals surface area contributed by atoms with E-state index in [0.29, 0.717) is 5.92 Å². The van der Waals surface area contributed by atoms with Crippen LogP contribution in [0, 0.1) is 5.92 Å². The van der Waals surface area contributed by atoms with E-state index in [0.717, 1.165) is 30.0 Å². The largest absolute Gasteiger partial charge is 0.310 e. The average Bonchev–Trinajstić information content (AvgIpc) is 3.10. The molecule has 0 aliphatic heterocycles. The molecule has 0 bridgehead atoms. The number of anilines is 1. The fourth-order valence-electron chi connectivity index (χ4n) is 3.25. The molecular formula is C18H21N3O. The summed E-state index contributed by atoms with van der Waals surface area (Å²) in [6, 6.07) is 12.1. The summed E-state index contributed by atoms with van der Waals surface area (Å²) in [5.74, 6) is 1.69. The van der Waals surface area contributed by atoms with Crippen LogP contribution in [0.4, 0.5) is 5.82 Å². The van der Waals surface area contributed by atoms with Gasteiger partial charge < -0.3 is 5.32 Å². The summed E-state index contributed by atoms with van der Waals surface area (Å²) in [5, 5.41) is 7.87. The van der Waals surface area contributed by atoms with E-state index in [1.54, 1.807) is 0 Å². The Balaban J connectivity index is 1.68. The smallest absolute Gasteiger partial charge is 0.228 e. The predicted molar refractivity (Wildman–Crippen MR) is 86.1 cm³/mol. The maximum absolute atomic E-state index is 12.1. The van der Waals surface area contributed by atoms with Crippen molar-refractivity contribution in [1.82, 2.24) is 9.78 Å². The van der Waals surface area contributed by atoms with Gasteiger partial charge in [0, 0.05) is 17.9 Å². The summed E-state index contributed by atoms with van der Waals surface area (Å²) in [4.78, 5) is 12.1. The second-order valence-corrected chi connectivity index (χ2v) is 6.45. The van der Waals surface area contributed by atoms with Crippen molar-refractivity contribution in [1.29, 1.82) is 0 Å². The molecule has 0 atom stereocenters. The van der Waals surface area contributed by atoms with Crippen molar-refractivity contribution in [2.24, 2.45) is 5.92 Å². The number of para-hydroxylation sites is 1. The third kappa shape index (κ3) is 2.65. The lowest BCUT2D eigenvalue weighted by molar-refractivity contribution is -0.117. The molecule has 1 aromatic heterocycles. The topological polar surface area (TPSA) is 46.9 Å². The molecule has 4 nitrogen and oxygen atoms in total. The van der Waals surface area contributed by atoms with E-state index in [9.17, 15) is 4.79 Å². The average molecular weight is 295 g/mol.